The molecular formula is C11H17NO5. The number of carboxylic acid groups (broad SMARTS) is 1. The summed E-state index contributed by atoms with van der Waals surface area (Å²) in [6, 6.07) is 0. The number of carbonyl (C=O) groups is 3. The number of carbonyl (C=O) groups excluding carboxylic acids is 2. The third kappa shape index (κ3) is 2.95. The number of carboxylic acids is 1. The first-order chi connectivity index (χ1) is 7.58. The fourth-order valence-corrected chi connectivity index (χ4v) is 1.66. The molecule has 0 aromatic heterocycles. The van der Waals surface area contributed by atoms with Gasteiger partial charge in [-0.15, -0.1) is 0 Å². The summed E-state index contributed by atoms with van der Waals surface area (Å²) in [6.07, 6.45) is 0.0802. The monoisotopic (exact) mass is 243 g/mol. The van der Waals surface area contributed by atoms with Crippen LogP contribution in [0.15, 0.2) is 0 Å². The van der Waals surface area contributed by atoms with E-state index < -0.39 is 34.9 Å². The first-order valence-electron chi connectivity index (χ1n) is 5.33. The molecule has 1 aliphatic carbocycles. The molecular weight excluding hydrogens is 226 g/mol. The molecule has 6 heteroatoms. The van der Waals surface area contributed by atoms with Gasteiger partial charge in [-0.1, -0.05) is 0 Å². The highest BCUT2D eigenvalue weighted by Gasteiger charge is 2.66. The molecule has 1 fully saturated rings. The normalized spacial score (nSPS) is 27.2. The number of esters is 1. The predicted molar refractivity (Wildman–Crippen MR) is 58.1 cm³/mol. The average molecular weight is 243 g/mol. The van der Waals surface area contributed by atoms with Gasteiger partial charge >= 0.3 is 11.9 Å². The summed E-state index contributed by atoms with van der Waals surface area (Å²) in [4.78, 5) is 33.7. The Hall–Kier alpha value is -1.59. The minimum absolute atomic E-state index is 0.0802. The Kier molecular flexibility index (Phi) is 3.18. The topological polar surface area (TPSA) is 92.7 Å². The van der Waals surface area contributed by atoms with Crippen molar-refractivity contribution in [3.63, 3.8) is 0 Å². The van der Waals surface area contributed by atoms with E-state index in [0.29, 0.717) is 0 Å². The van der Waals surface area contributed by atoms with Crippen LogP contribution in [0.2, 0.25) is 0 Å². The van der Waals surface area contributed by atoms with Crippen molar-refractivity contribution in [2.75, 3.05) is 0 Å². The van der Waals surface area contributed by atoms with Crippen molar-refractivity contribution >= 4 is 17.8 Å². The first kappa shape index (κ1) is 13.5. The van der Waals surface area contributed by atoms with Gasteiger partial charge in [0.15, 0.2) is 5.54 Å². The molecule has 96 valence electrons. The molecule has 0 bridgehead atoms. The van der Waals surface area contributed by atoms with Crippen molar-refractivity contribution in [1.82, 2.24) is 5.32 Å². The smallest absolute Gasteiger partial charge is 0.330 e. The van der Waals surface area contributed by atoms with E-state index in [1.54, 1.807) is 20.8 Å². The number of aliphatic carboxylic acids is 1. The summed E-state index contributed by atoms with van der Waals surface area (Å²) < 4.78 is 5.10. The quantitative estimate of drug-likeness (QED) is 0.696. The van der Waals surface area contributed by atoms with E-state index in [9.17, 15) is 14.4 Å². The molecule has 1 rings (SSSR count). The summed E-state index contributed by atoms with van der Waals surface area (Å²) in [5, 5.41) is 11.4. The lowest BCUT2D eigenvalue weighted by Gasteiger charge is -2.20. The highest BCUT2D eigenvalue weighted by atomic mass is 16.6. The molecule has 0 saturated heterocycles. The minimum atomic E-state index is -1.48. The van der Waals surface area contributed by atoms with Crippen LogP contribution in [0, 0.1) is 5.92 Å². The fourth-order valence-electron chi connectivity index (χ4n) is 1.66. The van der Waals surface area contributed by atoms with E-state index in [0.717, 1.165) is 0 Å². The largest absolute Gasteiger partial charge is 0.479 e. The van der Waals surface area contributed by atoms with Crippen LogP contribution < -0.4 is 5.32 Å². The summed E-state index contributed by atoms with van der Waals surface area (Å²) in [5.74, 6) is -3.07. The molecule has 0 radical (unpaired) electrons. The van der Waals surface area contributed by atoms with Gasteiger partial charge in [0.05, 0.1) is 5.92 Å². The van der Waals surface area contributed by atoms with Gasteiger partial charge in [0.2, 0.25) is 5.91 Å². The molecule has 1 aliphatic rings. The van der Waals surface area contributed by atoms with Crippen LogP contribution in [0.4, 0.5) is 0 Å². The van der Waals surface area contributed by atoms with Crippen LogP contribution in [-0.2, 0) is 19.1 Å². The molecule has 17 heavy (non-hydrogen) atoms. The van der Waals surface area contributed by atoms with Gasteiger partial charge in [0.25, 0.3) is 0 Å². The summed E-state index contributed by atoms with van der Waals surface area (Å²) in [7, 11) is 0. The Morgan fingerprint density at radius 1 is 1.35 bits per heavy atom. The fraction of sp³-hybridized carbons (Fsp3) is 0.727. The van der Waals surface area contributed by atoms with E-state index in [2.05, 4.69) is 5.32 Å². The van der Waals surface area contributed by atoms with Gasteiger partial charge in [0.1, 0.15) is 5.60 Å². The van der Waals surface area contributed by atoms with Crippen LogP contribution in [0.1, 0.15) is 34.1 Å². The Labute approximate surface area is 99.3 Å². The number of rotatable bonds is 3. The van der Waals surface area contributed by atoms with Gasteiger partial charge in [-0.2, -0.15) is 0 Å². The van der Waals surface area contributed by atoms with Gasteiger partial charge in [-0.25, -0.2) is 4.79 Å². The van der Waals surface area contributed by atoms with Crippen LogP contribution in [0.5, 0.6) is 0 Å². The van der Waals surface area contributed by atoms with Crippen molar-refractivity contribution in [2.45, 2.75) is 45.3 Å². The van der Waals surface area contributed by atoms with Crippen molar-refractivity contribution in [3.05, 3.63) is 0 Å². The molecule has 0 spiro atoms. The molecule has 6 nitrogen and oxygen atoms in total. The van der Waals surface area contributed by atoms with Crippen molar-refractivity contribution in [3.8, 4) is 0 Å². The number of amides is 1. The molecule has 0 aromatic rings. The first-order valence-corrected chi connectivity index (χ1v) is 5.33. The number of nitrogens with one attached hydrogen (secondary N) is 1. The zero-order valence-corrected chi connectivity index (χ0v) is 10.4. The summed E-state index contributed by atoms with van der Waals surface area (Å²) in [5.41, 5.74) is -2.14. The second kappa shape index (κ2) is 4.01. The third-order valence-corrected chi connectivity index (χ3v) is 2.43. The summed E-state index contributed by atoms with van der Waals surface area (Å²) >= 11 is 0. The molecule has 0 aliphatic heterocycles. The standard InChI is InChI=1S/C11H17NO5/c1-6(13)12-11(9(15)16)5-7(11)8(14)17-10(2,3)4/h7H,5H2,1-4H3,(H,12,13)(H,15,16). The maximum atomic E-state index is 11.7. The molecule has 1 amide bonds. The number of hydrogen-bond acceptors (Lipinski definition) is 4. The molecule has 2 atom stereocenters. The van der Waals surface area contributed by atoms with E-state index in [-0.39, 0.29) is 6.42 Å². The Bertz CT molecular complexity index is 371. The predicted octanol–water partition coefficient (Wildman–Crippen LogP) is 0.307. The third-order valence-electron chi connectivity index (χ3n) is 2.43. The van der Waals surface area contributed by atoms with Crippen LogP contribution in [-0.4, -0.2) is 34.1 Å². The van der Waals surface area contributed by atoms with Crippen molar-refractivity contribution < 1.29 is 24.2 Å². The molecule has 0 heterocycles. The molecule has 2 N–H and O–H groups in total. The number of ether oxygens (including phenoxy) is 1. The lowest BCUT2D eigenvalue weighted by atomic mass is 10.1. The highest BCUT2D eigenvalue weighted by Crippen LogP contribution is 2.45. The lowest BCUT2D eigenvalue weighted by molar-refractivity contribution is -0.159. The maximum Gasteiger partial charge on any atom is 0.330 e. The lowest BCUT2D eigenvalue weighted by Crippen LogP contribution is -2.45. The minimum Gasteiger partial charge on any atom is -0.479 e. The van der Waals surface area contributed by atoms with Crippen LogP contribution in [0.25, 0.3) is 0 Å². The van der Waals surface area contributed by atoms with Gasteiger partial charge in [-0.3, -0.25) is 9.59 Å². The second-order valence-electron chi connectivity index (χ2n) is 5.25. The highest BCUT2D eigenvalue weighted by molar-refractivity contribution is 5.97. The maximum absolute atomic E-state index is 11.7. The Balaban J connectivity index is 2.73. The molecule has 1 saturated carbocycles. The van der Waals surface area contributed by atoms with Crippen molar-refractivity contribution in [2.24, 2.45) is 5.92 Å². The zero-order valence-electron chi connectivity index (χ0n) is 10.4. The van der Waals surface area contributed by atoms with E-state index in [1.165, 1.54) is 6.92 Å². The van der Waals surface area contributed by atoms with Gasteiger partial charge in [-0.05, 0) is 27.2 Å². The number of hydrogen-bond donors (Lipinski definition) is 2. The molecule has 2 unspecified atom stereocenters. The SMILES string of the molecule is CC(=O)NC1(C(=O)O)CC1C(=O)OC(C)(C)C. The second-order valence-corrected chi connectivity index (χ2v) is 5.25. The Morgan fingerprint density at radius 2 is 1.88 bits per heavy atom. The van der Waals surface area contributed by atoms with E-state index >= 15 is 0 Å². The Morgan fingerprint density at radius 3 is 2.24 bits per heavy atom. The van der Waals surface area contributed by atoms with Crippen LogP contribution in [0.3, 0.4) is 0 Å². The zero-order chi connectivity index (χ0) is 13.4. The van der Waals surface area contributed by atoms with E-state index in [4.69, 9.17) is 9.84 Å². The van der Waals surface area contributed by atoms with Crippen LogP contribution >= 0.6 is 0 Å². The van der Waals surface area contributed by atoms with E-state index in [1.807, 2.05) is 0 Å². The summed E-state index contributed by atoms with van der Waals surface area (Å²) in [6.45, 7) is 6.32. The van der Waals surface area contributed by atoms with Gasteiger partial charge in [0, 0.05) is 6.92 Å². The molecule has 0 aromatic carbocycles. The average Bonchev–Trinajstić information content (AvgIpc) is 2.75. The van der Waals surface area contributed by atoms with Gasteiger partial charge < -0.3 is 15.2 Å². The van der Waals surface area contributed by atoms with Crippen molar-refractivity contribution in [1.29, 1.82) is 0 Å².